The van der Waals surface area contributed by atoms with Gasteiger partial charge < -0.3 is 15.0 Å². The first kappa shape index (κ1) is 20.5. The second kappa shape index (κ2) is 7.93. The first-order valence-electron chi connectivity index (χ1n) is 10.9. The summed E-state index contributed by atoms with van der Waals surface area (Å²) in [5.41, 5.74) is 2.85. The summed E-state index contributed by atoms with van der Waals surface area (Å²) in [7, 11) is 0. The van der Waals surface area contributed by atoms with E-state index in [9.17, 15) is 14.0 Å². The molecule has 1 fully saturated rings. The first-order chi connectivity index (χ1) is 15.4. The molecular weight excluding hydrogens is 411 g/mol. The number of rotatable bonds is 3. The Labute approximate surface area is 185 Å². The summed E-state index contributed by atoms with van der Waals surface area (Å²) in [6, 6.07) is 10.1. The van der Waals surface area contributed by atoms with Gasteiger partial charge in [0.1, 0.15) is 11.6 Å². The SMILES string of the molecule is CC(C)n1nc(C2CCN(C(=O)c3ccc4c(c3)NC(=O)CO4)CC2)c2ccc(F)cc21. The highest BCUT2D eigenvalue weighted by Gasteiger charge is 2.29. The lowest BCUT2D eigenvalue weighted by Gasteiger charge is -2.31. The van der Waals surface area contributed by atoms with Crippen LogP contribution in [0.1, 0.15) is 54.7 Å². The Morgan fingerprint density at radius 1 is 1.19 bits per heavy atom. The largest absolute Gasteiger partial charge is 0.482 e. The number of nitrogens with zero attached hydrogens (tertiary/aromatic N) is 3. The third-order valence-corrected chi connectivity index (χ3v) is 6.22. The van der Waals surface area contributed by atoms with Gasteiger partial charge in [-0.2, -0.15) is 5.10 Å². The zero-order valence-corrected chi connectivity index (χ0v) is 18.1. The molecule has 2 aliphatic rings. The van der Waals surface area contributed by atoms with Crippen LogP contribution in [0.25, 0.3) is 10.9 Å². The fourth-order valence-electron chi connectivity index (χ4n) is 4.58. The Bertz CT molecular complexity index is 1210. The van der Waals surface area contributed by atoms with Gasteiger partial charge in [0.2, 0.25) is 0 Å². The molecule has 0 saturated carbocycles. The molecule has 1 aromatic heterocycles. The molecule has 5 rings (SSSR count). The number of benzene rings is 2. The van der Waals surface area contributed by atoms with Gasteiger partial charge in [-0.25, -0.2) is 4.39 Å². The lowest BCUT2D eigenvalue weighted by atomic mass is 9.91. The number of halogens is 1. The maximum atomic E-state index is 13.8. The highest BCUT2D eigenvalue weighted by atomic mass is 19.1. The number of aromatic nitrogens is 2. The summed E-state index contributed by atoms with van der Waals surface area (Å²) in [4.78, 5) is 26.5. The van der Waals surface area contributed by atoms with E-state index in [0.717, 1.165) is 29.4 Å². The maximum Gasteiger partial charge on any atom is 0.262 e. The van der Waals surface area contributed by atoms with E-state index >= 15 is 0 Å². The number of piperidine rings is 1. The summed E-state index contributed by atoms with van der Waals surface area (Å²) >= 11 is 0. The summed E-state index contributed by atoms with van der Waals surface area (Å²) < 4.78 is 21.1. The van der Waals surface area contributed by atoms with Crippen LogP contribution < -0.4 is 10.1 Å². The van der Waals surface area contributed by atoms with Gasteiger partial charge >= 0.3 is 0 Å². The normalized spacial score (nSPS) is 16.8. The van der Waals surface area contributed by atoms with Gasteiger partial charge in [0.15, 0.2) is 6.61 Å². The molecule has 166 valence electrons. The fraction of sp³-hybridized carbons (Fsp3) is 0.375. The van der Waals surface area contributed by atoms with E-state index in [-0.39, 0.29) is 36.2 Å². The van der Waals surface area contributed by atoms with Crippen molar-refractivity contribution in [2.75, 3.05) is 25.0 Å². The Kier molecular flexibility index (Phi) is 5.07. The molecule has 0 radical (unpaired) electrons. The number of carbonyl (C=O) groups excluding carboxylic acids is 2. The molecule has 2 aliphatic heterocycles. The van der Waals surface area contributed by atoms with Crippen molar-refractivity contribution in [1.29, 1.82) is 0 Å². The number of likely N-dealkylation sites (tertiary alicyclic amines) is 1. The third kappa shape index (κ3) is 3.59. The van der Waals surface area contributed by atoms with Gasteiger partial charge in [0, 0.05) is 36.0 Å². The van der Waals surface area contributed by atoms with Crippen LogP contribution in [-0.4, -0.2) is 46.2 Å². The summed E-state index contributed by atoms with van der Waals surface area (Å²) in [5, 5.41) is 8.56. The standard InChI is InChI=1S/C24H25FN4O3/c1-14(2)29-20-12-17(25)4-5-18(20)23(27-29)15-7-9-28(10-8-15)24(31)16-3-6-21-19(11-16)26-22(30)13-32-21/h3-6,11-12,14-15H,7-10,13H2,1-2H3,(H,26,30). The Morgan fingerprint density at radius 2 is 1.97 bits per heavy atom. The molecule has 0 spiro atoms. The molecule has 8 heteroatoms. The molecule has 0 aliphatic carbocycles. The van der Waals surface area contributed by atoms with Crippen LogP contribution in [0, 0.1) is 5.82 Å². The lowest BCUT2D eigenvalue weighted by molar-refractivity contribution is -0.118. The van der Waals surface area contributed by atoms with Crippen molar-refractivity contribution < 1.29 is 18.7 Å². The average Bonchev–Trinajstić information content (AvgIpc) is 3.17. The molecule has 3 aromatic rings. The number of carbonyl (C=O) groups is 2. The van der Waals surface area contributed by atoms with Crippen molar-refractivity contribution in [2.45, 2.75) is 38.6 Å². The van der Waals surface area contributed by atoms with Crippen LogP contribution in [0.2, 0.25) is 0 Å². The van der Waals surface area contributed by atoms with Gasteiger partial charge in [0.05, 0.1) is 16.9 Å². The highest BCUT2D eigenvalue weighted by molar-refractivity contribution is 6.00. The minimum absolute atomic E-state index is 0.0122. The molecule has 7 nitrogen and oxygen atoms in total. The van der Waals surface area contributed by atoms with Crippen LogP contribution >= 0.6 is 0 Å². The summed E-state index contributed by atoms with van der Waals surface area (Å²) in [6.07, 6.45) is 1.58. The predicted octanol–water partition coefficient (Wildman–Crippen LogP) is 4.11. The molecule has 0 unspecified atom stereocenters. The molecule has 3 heterocycles. The van der Waals surface area contributed by atoms with Crippen molar-refractivity contribution in [2.24, 2.45) is 0 Å². The number of nitrogens with one attached hydrogen (secondary N) is 1. The average molecular weight is 436 g/mol. The summed E-state index contributed by atoms with van der Waals surface area (Å²) in [6.45, 7) is 5.28. The van der Waals surface area contributed by atoms with E-state index in [1.807, 2.05) is 29.5 Å². The highest BCUT2D eigenvalue weighted by Crippen LogP contribution is 2.35. The Morgan fingerprint density at radius 3 is 2.72 bits per heavy atom. The van der Waals surface area contributed by atoms with E-state index in [1.54, 1.807) is 24.3 Å². The van der Waals surface area contributed by atoms with Crippen molar-refractivity contribution in [1.82, 2.24) is 14.7 Å². The number of fused-ring (bicyclic) bond motifs is 2. The van der Waals surface area contributed by atoms with Crippen molar-refractivity contribution >= 4 is 28.4 Å². The monoisotopic (exact) mass is 436 g/mol. The lowest BCUT2D eigenvalue weighted by Crippen LogP contribution is -2.38. The van der Waals surface area contributed by atoms with Crippen molar-refractivity contribution in [3.8, 4) is 5.75 Å². The molecular formula is C24H25FN4O3. The molecule has 2 aromatic carbocycles. The van der Waals surface area contributed by atoms with Crippen molar-refractivity contribution in [3.05, 3.63) is 53.5 Å². The van der Waals surface area contributed by atoms with Crippen LogP contribution in [-0.2, 0) is 4.79 Å². The molecule has 0 bridgehead atoms. The number of ether oxygens (including phenoxy) is 1. The smallest absolute Gasteiger partial charge is 0.262 e. The van der Waals surface area contributed by atoms with Gasteiger partial charge in [-0.05, 0) is 63.1 Å². The Hall–Kier alpha value is -3.42. The van der Waals surface area contributed by atoms with E-state index in [1.165, 1.54) is 6.07 Å². The molecule has 0 atom stereocenters. The third-order valence-electron chi connectivity index (χ3n) is 6.22. The number of hydrogen-bond donors (Lipinski definition) is 1. The first-order valence-corrected chi connectivity index (χ1v) is 10.9. The van der Waals surface area contributed by atoms with Crippen LogP contribution in [0.15, 0.2) is 36.4 Å². The maximum absolute atomic E-state index is 13.8. The van der Waals surface area contributed by atoms with E-state index < -0.39 is 0 Å². The second-order valence-corrected chi connectivity index (χ2v) is 8.70. The minimum Gasteiger partial charge on any atom is -0.482 e. The minimum atomic E-state index is -0.266. The van der Waals surface area contributed by atoms with E-state index in [2.05, 4.69) is 5.32 Å². The van der Waals surface area contributed by atoms with E-state index in [4.69, 9.17) is 9.84 Å². The molecule has 32 heavy (non-hydrogen) atoms. The summed E-state index contributed by atoms with van der Waals surface area (Å²) in [5.74, 6) is 0.228. The zero-order chi connectivity index (χ0) is 22.4. The van der Waals surface area contributed by atoms with Gasteiger partial charge in [-0.15, -0.1) is 0 Å². The topological polar surface area (TPSA) is 76.5 Å². The molecule has 1 saturated heterocycles. The van der Waals surface area contributed by atoms with Gasteiger partial charge in [-0.3, -0.25) is 14.3 Å². The van der Waals surface area contributed by atoms with Crippen LogP contribution in [0.4, 0.5) is 10.1 Å². The molecule has 2 amide bonds. The Balaban J connectivity index is 1.33. The fourth-order valence-corrected chi connectivity index (χ4v) is 4.58. The number of anilines is 1. The predicted molar refractivity (Wildman–Crippen MR) is 119 cm³/mol. The van der Waals surface area contributed by atoms with Gasteiger partial charge in [-0.1, -0.05) is 0 Å². The number of amides is 2. The quantitative estimate of drug-likeness (QED) is 0.671. The second-order valence-electron chi connectivity index (χ2n) is 8.70. The molecule has 1 N–H and O–H groups in total. The zero-order valence-electron chi connectivity index (χ0n) is 18.1. The van der Waals surface area contributed by atoms with Crippen LogP contribution in [0.5, 0.6) is 5.75 Å². The van der Waals surface area contributed by atoms with Gasteiger partial charge in [0.25, 0.3) is 11.8 Å². The van der Waals surface area contributed by atoms with E-state index in [0.29, 0.717) is 30.1 Å². The van der Waals surface area contributed by atoms with Crippen molar-refractivity contribution in [3.63, 3.8) is 0 Å². The number of hydrogen-bond acceptors (Lipinski definition) is 4. The van der Waals surface area contributed by atoms with Crippen LogP contribution in [0.3, 0.4) is 0 Å².